The van der Waals surface area contributed by atoms with E-state index in [0.29, 0.717) is 5.70 Å². The van der Waals surface area contributed by atoms with Gasteiger partial charge in [0.15, 0.2) is 0 Å². The van der Waals surface area contributed by atoms with E-state index in [-0.39, 0.29) is 0 Å². The molecule has 0 aliphatic heterocycles. The van der Waals surface area contributed by atoms with Gasteiger partial charge >= 0.3 is 0 Å². The van der Waals surface area contributed by atoms with E-state index in [4.69, 9.17) is 0 Å². The molecule has 0 spiro atoms. The fourth-order valence-electron chi connectivity index (χ4n) is 0.263. The predicted octanol–water partition coefficient (Wildman–Crippen LogP) is 1.85. The Hall–Kier alpha value is -0.760. The molecule has 0 aromatic heterocycles. The molecule has 0 amide bonds. The Balaban J connectivity index is 3.64. The number of rotatable bonds is 2. The quantitative estimate of drug-likeness (QED) is 0.509. The second kappa shape index (κ2) is 3.27. The van der Waals surface area contributed by atoms with Crippen LogP contribution in [-0.2, 0) is 0 Å². The molecule has 0 unspecified atom stereocenters. The number of hydroxylamine groups is 2. The predicted molar refractivity (Wildman–Crippen MR) is 34.8 cm³/mol. The number of nitrogens with zero attached hydrogens (tertiary/aromatic N) is 1. The van der Waals surface area contributed by atoms with Crippen molar-refractivity contribution in [2.45, 2.75) is 13.8 Å². The summed E-state index contributed by atoms with van der Waals surface area (Å²) >= 11 is 0. The van der Waals surface area contributed by atoms with Gasteiger partial charge in [0, 0.05) is 0 Å². The molecule has 0 fully saturated rings. The van der Waals surface area contributed by atoms with Crippen LogP contribution in [0.1, 0.15) is 13.8 Å². The fourth-order valence-corrected chi connectivity index (χ4v) is 0.263. The van der Waals surface area contributed by atoms with E-state index >= 15 is 0 Å². The van der Waals surface area contributed by atoms with Gasteiger partial charge in [-0.25, -0.2) is 0 Å². The first-order valence-corrected chi connectivity index (χ1v) is 2.43. The van der Waals surface area contributed by atoms with Crippen molar-refractivity contribution in [3.63, 3.8) is 0 Å². The first-order chi connectivity index (χ1) is 3.68. The monoisotopic (exact) mass is 112 g/mol. The van der Waals surface area contributed by atoms with Crippen molar-refractivity contribution in [2.24, 2.45) is 0 Å². The van der Waals surface area contributed by atoms with Crippen LogP contribution in [0.2, 0.25) is 0 Å². The molecule has 0 heterocycles. The Bertz CT molecular complexity index is 107. The van der Waals surface area contributed by atoms with Gasteiger partial charge in [0.1, 0.15) is 0 Å². The minimum absolute atomic E-state index is 0.503. The normalized spacial score (nSPS) is 9.88. The van der Waals surface area contributed by atoms with Crippen LogP contribution < -0.4 is 0 Å². The molecule has 0 aliphatic carbocycles. The first kappa shape index (κ1) is 7.24. The zero-order chi connectivity index (χ0) is 6.57. The molecule has 0 saturated carbocycles. The Morgan fingerprint density at radius 1 is 1.75 bits per heavy atom. The standard InChI is InChI=1S/C6H10NO/c1-4-5-7(8)6(2)3/h4-5H,2H2,1,3H3/q-1/b5-4-. The lowest BCUT2D eigenvalue weighted by molar-refractivity contribution is 0.637. The Kier molecular flexibility index (Phi) is 2.96. The van der Waals surface area contributed by atoms with E-state index in [1.54, 1.807) is 19.9 Å². The van der Waals surface area contributed by atoms with Gasteiger partial charge in [-0.3, -0.25) is 0 Å². The summed E-state index contributed by atoms with van der Waals surface area (Å²) in [7, 11) is 0. The second-order valence-corrected chi connectivity index (χ2v) is 1.54. The van der Waals surface area contributed by atoms with Crippen LogP contribution in [0.3, 0.4) is 0 Å². The summed E-state index contributed by atoms with van der Waals surface area (Å²) < 4.78 is 0. The molecule has 0 radical (unpaired) electrons. The summed E-state index contributed by atoms with van der Waals surface area (Å²) in [5.41, 5.74) is 0.503. The lowest BCUT2D eigenvalue weighted by Gasteiger charge is -2.25. The molecule has 2 nitrogen and oxygen atoms in total. The molecule has 0 N–H and O–H groups in total. The molecular formula is C6H10NO-. The van der Waals surface area contributed by atoms with Crippen LogP contribution in [0.5, 0.6) is 0 Å². The van der Waals surface area contributed by atoms with E-state index in [9.17, 15) is 5.21 Å². The SMILES string of the molecule is C=C(C)N([O-])/C=C\C. The zero-order valence-electron chi connectivity index (χ0n) is 5.22. The molecule has 0 saturated heterocycles. The third-order valence-electron chi connectivity index (χ3n) is 0.661. The lowest BCUT2D eigenvalue weighted by atomic mass is 10.5. The third kappa shape index (κ3) is 2.42. The Morgan fingerprint density at radius 3 is 2.38 bits per heavy atom. The van der Waals surface area contributed by atoms with Gasteiger partial charge in [-0.1, -0.05) is 12.7 Å². The van der Waals surface area contributed by atoms with E-state index in [2.05, 4.69) is 6.58 Å². The van der Waals surface area contributed by atoms with E-state index in [1.807, 2.05) is 0 Å². The summed E-state index contributed by atoms with van der Waals surface area (Å²) in [5, 5.41) is 11.2. The minimum atomic E-state index is 0.503. The van der Waals surface area contributed by atoms with Crippen LogP contribution in [0, 0.1) is 5.21 Å². The average molecular weight is 112 g/mol. The van der Waals surface area contributed by atoms with Crippen molar-refractivity contribution in [3.8, 4) is 0 Å². The van der Waals surface area contributed by atoms with Crippen molar-refractivity contribution >= 4 is 0 Å². The van der Waals surface area contributed by atoms with Crippen LogP contribution in [0.4, 0.5) is 0 Å². The number of hydrogen-bond acceptors (Lipinski definition) is 2. The van der Waals surface area contributed by atoms with Gasteiger partial charge < -0.3 is 10.3 Å². The highest BCUT2D eigenvalue weighted by Gasteiger charge is 1.77. The smallest absolute Gasteiger partial charge is 0.00392 e. The van der Waals surface area contributed by atoms with Gasteiger partial charge in [-0.05, 0) is 25.7 Å². The third-order valence-corrected chi connectivity index (χ3v) is 0.661. The first-order valence-electron chi connectivity index (χ1n) is 2.43. The number of allylic oxidation sites excluding steroid dienone is 2. The molecule has 0 aromatic rings. The molecule has 0 rings (SSSR count). The molecular weight excluding hydrogens is 102 g/mol. The highest BCUT2D eigenvalue weighted by atomic mass is 16.5. The molecule has 2 heteroatoms. The molecule has 0 bridgehead atoms. The van der Waals surface area contributed by atoms with Crippen molar-refractivity contribution in [1.29, 1.82) is 0 Å². The van der Waals surface area contributed by atoms with Gasteiger partial charge in [0.2, 0.25) is 0 Å². The van der Waals surface area contributed by atoms with Crippen molar-refractivity contribution in [3.05, 3.63) is 29.8 Å². The largest absolute Gasteiger partial charge is 0.754 e. The van der Waals surface area contributed by atoms with Gasteiger partial charge in [0.25, 0.3) is 0 Å². The maximum Gasteiger partial charge on any atom is -0.00392 e. The molecule has 46 valence electrons. The van der Waals surface area contributed by atoms with E-state index < -0.39 is 0 Å². The van der Waals surface area contributed by atoms with Crippen LogP contribution in [0.25, 0.3) is 0 Å². The van der Waals surface area contributed by atoms with Gasteiger partial charge in [-0.2, -0.15) is 0 Å². The Labute approximate surface area is 49.7 Å². The van der Waals surface area contributed by atoms with Crippen LogP contribution in [-0.4, -0.2) is 5.06 Å². The Morgan fingerprint density at radius 2 is 2.25 bits per heavy atom. The van der Waals surface area contributed by atoms with Gasteiger partial charge in [0.05, 0.1) is 0 Å². The summed E-state index contributed by atoms with van der Waals surface area (Å²) in [4.78, 5) is 0. The van der Waals surface area contributed by atoms with Crippen LogP contribution >= 0.6 is 0 Å². The number of hydrogen-bond donors (Lipinski definition) is 0. The van der Waals surface area contributed by atoms with Crippen LogP contribution in [0.15, 0.2) is 24.6 Å². The van der Waals surface area contributed by atoms with Gasteiger partial charge in [-0.15, -0.1) is 0 Å². The average Bonchev–Trinajstić information content (AvgIpc) is 1.67. The van der Waals surface area contributed by atoms with Crippen molar-refractivity contribution in [1.82, 2.24) is 5.06 Å². The lowest BCUT2D eigenvalue weighted by Crippen LogP contribution is -2.01. The molecule has 0 aromatic carbocycles. The van der Waals surface area contributed by atoms with Crippen molar-refractivity contribution < 1.29 is 0 Å². The second-order valence-electron chi connectivity index (χ2n) is 1.54. The fraction of sp³-hybridized carbons (Fsp3) is 0.333. The summed E-state index contributed by atoms with van der Waals surface area (Å²) in [6, 6.07) is 0. The highest BCUT2D eigenvalue weighted by Crippen LogP contribution is 1.96. The van der Waals surface area contributed by atoms with Crippen molar-refractivity contribution in [2.75, 3.05) is 0 Å². The topological polar surface area (TPSA) is 26.3 Å². The van der Waals surface area contributed by atoms with E-state index in [1.165, 1.54) is 6.20 Å². The molecule has 0 atom stereocenters. The minimum Gasteiger partial charge on any atom is -0.754 e. The van der Waals surface area contributed by atoms with E-state index in [0.717, 1.165) is 5.06 Å². The maximum absolute atomic E-state index is 10.5. The molecule has 0 aliphatic rings. The summed E-state index contributed by atoms with van der Waals surface area (Å²) in [5.74, 6) is 0. The summed E-state index contributed by atoms with van der Waals surface area (Å²) in [6.07, 6.45) is 3.09. The highest BCUT2D eigenvalue weighted by molar-refractivity contribution is 4.96. The molecule has 8 heavy (non-hydrogen) atoms. The zero-order valence-corrected chi connectivity index (χ0v) is 5.22. The maximum atomic E-state index is 10.5. The summed E-state index contributed by atoms with van der Waals surface area (Å²) in [6.45, 7) is 6.88.